The van der Waals surface area contributed by atoms with Gasteiger partial charge in [-0.25, -0.2) is 12.8 Å². The number of sulfone groups is 1. The molecule has 10 heteroatoms. The quantitative estimate of drug-likeness (QED) is 0.821. The highest BCUT2D eigenvalue weighted by atomic mass is 32.2. The first-order chi connectivity index (χ1) is 10.8. The first kappa shape index (κ1) is 15.3. The van der Waals surface area contributed by atoms with Crippen molar-refractivity contribution in [1.82, 2.24) is 13.8 Å². The summed E-state index contributed by atoms with van der Waals surface area (Å²) in [5.74, 6) is -0.234. The van der Waals surface area contributed by atoms with E-state index in [1.165, 1.54) is 30.4 Å². The molecule has 0 amide bonds. The number of allylic oxidation sites excluding steroid dienone is 5. The molecule has 1 aliphatic rings. The van der Waals surface area contributed by atoms with Crippen LogP contribution in [0.5, 0.6) is 0 Å². The van der Waals surface area contributed by atoms with Crippen LogP contribution in [0.25, 0.3) is 11.0 Å². The normalized spacial score (nSPS) is 14.7. The maximum atomic E-state index is 12.1. The smallest absolute Gasteiger partial charge is 0.283 e. The Balaban J connectivity index is 2.29. The Morgan fingerprint density at radius 2 is 1.87 bits per heavy atom. The minimum absolute atomic E-state index is 0.0336. The monoisotopic (exact) mass is 350 g/mol. The molecular weight excluding hydrogens is 340 g/mol. The minimum Gasteiger partial charge on any atom is -0.384 e. The van der Waals surface area contributed by atoms with Gasteiger partial charge in [0, 0.05) is 17.8 Å². The van der Waals surface area contributed by atoms with Crippen LogP contribution in [0.4, 0.5) is 5.82 Å². The van der Waals surface area contributed by atoms with Crippen LogP contribution < -0.4 is 11.3 Å². The van der Waals surface area contributed by atoms with E-state index in [0.29, 0.717) is 5.57 Å². The lowest BCUT2D eigenvalue weighted by molar-refractivity contribution is -0.110. The van der Waals surface area contributed by atoms with Crippen molar-refractivity contribution in [2.75, 3.05) is 12.0 Å². The van der Waals surface area contributed by atoms with E-state index in [1.807, 2.05) is 0 Å². The van der Waals surface area contributed by atoms with E-state index >= 15 is 0 Å². The molecule has 2 N–H and O–H groups in total. The summed E-state index contributed by atoms with van der Waals surface area (Å²) >= 11 is 0.774. The summed E-state index contributed by atoms with van der Waals surface area (Å²) in [5, 5.41) is -0.271. The minimum atomic E-state index is -3.63. The molecule has 3 rings (SSSR count). The summed E-state index contributed by atoms with van der Waals surface area (Å²) in [6.45, 7) is 0. The van der Waals surface area contributed by atoms with Crippen molar-refractivity contribution in [3.8, 4) is 0 Å². The number of hydrogen-bond donors (Lipinski definition) is 1. The van der Waals surface area contributed by atoms with Crippen molar-refractivity contribution in [3.05, 3.63) is 45.8 Å². The molecule has 0 radical (unpaired) electrons. The van der Waals surface area contributed by atoms with Crippen molar-refractivity contribution < 1.29 is 13.2 Å². The standard InChI is InChI=1S/C13H10N4O4S2/c1-23(20,21)13-16-22-12-15-11(19)9(10(14)17(12)13)6-7-2-4-8(18)5-3-7/h2-6H,14H2,1H3. The molecule has 0 fully saturated rings. The zero-order valence-corrected chi connectivity index (χ0v) is 13.4. The Morgan fingerprint density at radius 1 is 1.22 bits per heavy atom. The molecule has 118 valence electrons. The summed E-state index contributed by atoms with van der Waals surface area (Å²) in [5.41, 5.74) is 5.97. The number of hydrogen-bond acceptors (Lipinski definition) is 8. The highest BCUT2D eigenvalue weighted by Crippen LogP contribution is 2.21. The zero-order valence-electron chi connectivity index (χ0n) is 11.8. The molecule has 0 bridgehead atoms. The van der Waals surface area contributed by atoms with Gasteiger partial charge in [-0.2, -0.15) is 9.36 Å². The van der Waals surface area contributed by atoms with Crippen LogP contribution in [0.3, 0.4) is 0 Å². The lowest BCUT2D eigenvalue weighted by Crippen LogP contribution is -2.18. The summed E-state index contributed by atoms with van der Waals surface area (Å²) in [4.78, 5) is 27.1. The van der Waals surface area contributed by atoms with Gasteiger partial charge < -0.3 is 5.73 Å². The highest BCUT2D eigenvalue weighted by molar-refractivity contribution is 7.90. The van der Waals surface area contributed by atoms with Crippen molar-refractivity contribution in [3.63, 3.8) is 0 Å². The van der Waals surface area contributed by atoms with Gasteiger partial charge in [-0.3, -0.25) is 9.59 Å². The average Bonchev–Trinajstić information content (AvgIpc) is 2.89. The van der Waals surface area contributed by atoms with Crippen molar-refractivity contribution in [1.29, 1.82) is 0 Å². The van der Waals surface area contributed by atoms with Crippen LogP contribution >= 0.6 is 11.5 Å². The predicted molar refractivity (Wildman–Crippen MR) is 85.9 cm³/mol. The van der Waals surface area contributed by atoms with E-state index in [0.717, 1.165) is 22.2 Å². The molecule has 0 saturated carbocycles. The topological polar surface area (TPSA) is 124 Å². The predicted octanol–water partition coefficient (Wildman–Crippen LogP) is 0.215. The maximum Gasteiger partial charge on any atom is 0.283 e. The number of aromatic nitrogens is 3. The van der Waals surface area contributed by atoms with Crippen molar-refractivity contribution >= 4 is 44.0 Å². The number of nitrogen functional groups attached to an aromatic ring is 1. The van der Waals surface area contributed by atoms with Gasteiger partial charge in [0.25, 0.3) is 5.56 Å². The molecule has 0 atom stereocenters. The Labute approximate surface area is 134 Å². The number of fused-ring (bicyclic) bond motifs is 1. The van der Waals surface area contributed by atoms with Gasteiger partial charge in [-0.05, 0) is 23.8 Å². The number of rotatable bonds is 2. The SMILES string of the molecule is CS(=O)(=O)c1nsc2nc(=O)c(C=C3C=CC(=O)C=C3)c(N)n12. The van der Waals surface area contributed by atoms with Crippen LogP contribution in [-0.2, 0) is 14.6 Å². The van der Waals surface area contributed by atoms with Crippen LogP contribution in [0.1, 0.15) is 5.56 Å². The molecule has 0 aromatic carbocycles. The number of carbonyl (C=O) groups excluding carboxylic acids is 1. The molecule has 0 spiro atoms. The lowest BCUT2D eigenvalue weighted by Gasteiger charge is -2.06. The van der Waals surface area contributed by atoms with Gasteiger partial charge in [0.1, 0.15) is 5.82 Å². The van der Waals surface area contributed by atoms with Gasteiger partial charge in [-0.1, -0.05) is 12.2 Å². The number of anilines is 1. The summed E-state index contributed by atoms with van der Waals surface area (Å²) in [6, 6.07) is 0. The fourth-order valence-electron chi connectivity index (χ4n) is 2.00. The Hall–Kier alpha value is -2.59. The molecule has 8 nitrogen and oxygen atoms in total. The third kappa shape index (κ3) is 2.73. The van der Waals surface area contributed by atoms with Crippen LogP contribution in [-0.4, -0.2) is 34.2 Å². The van der Waals surface area contributed by atoms with Gasteiger partial charge in [0.15, 0.2) is 5.78 Å². The summed E-state index contributed by atoms with van der Waals surface area (Å²) in [7, 11) is -3.63. The molecule has 1 aliphatic carbocycles. The molecule has 0 aliphatic heterocycles. The van der Waals surface area contributed by atoms with Crippen LogP contribution in [0.15, 0.2) is 39.8 Å². The molecular formula is C13H10N4O4S2. The van der Waals surface area contributed by atoms with Crippen LogP contribution in [0.2, 0.25) is 0 Å². The Kier molecular flexibility index (Phi) is 3.49. The zero-order chi connectivity index (χ0) is 16.8. The average molecular weight is 350 g/mol. The Bertz CT molecular complexity index is 1070. The molecule has 2 aromatic rings. The highest BCUT2D eigenvalue weighted by Gasteiger charge is 2.21. The maximum absolute atomic E-state index is 12.1. The number of nitrogens with zero attached hydrogens (tertiary/aromatic N) is 3. The fourth-order valence-corrected chi connectivity index (χ4v) is 3.86. The lowest BCUT2D eigenvalue weighted by atomic mass is 10.1. The number of nitrogens with two attached hydrogens (primary N) is 1. The number of ketones is 1. The molecule has 23 heavy (non-hydrogen) atoms. The number of carbonyl (C=O) groups is 1. The first-order valence-electron chi connectivity index (χ1n) is 6.27. The molecule has 2 aromatic heterocycles. The molecule has 2 heterocycles. The van der Waals surface area contributed by atoms with E-state index in [2.05, 4.69) is 9.36 Å². The van der Waals surface area contributed by atoms with Crippen molar-refractivity contribution in [2.45, 2.75) is 5.16 Å². The second kappa shape index (κ2) is 5.25. The second-order valence-corrected chi connectivity index (χ2v) is 7.42. The second-order valence-electron chi connectivity index (χ2n) is 4.78. The van der Waals surface area contributed by atoms with E-state index < -0.39 is 15.4 Å². The van der Waals surface area contributed by atoms with E-state index in [9.17, 15) is 18.0 Å². The van der Waals surface area contributed by atoms with E-state index in [-0.39, 0.29) is 27.3 Å². The molecule has 0 unspecified atom stereocenters. The largest absolute Gasteiger partial charge is 0.384 e. The van der Waals surface area contributed by atoms with Gasteiger partial charge in [0.2, 0.25) is 20.0 Å². The first-order valence-corrected chi connectivity index (χ1v) is 8.93. The van der Waals surface area contributed by atoms with Gasteiger partial charge in [-0.15, -0.1) is 0 Å². The fraction of sp³-hybridized carbons (Fsp3) is 0.0769. The van der Waals surface area contributed by atoms with Crippen LogP contribution in [0, 0.1) is 0 Å². The van der Waals surface area contributed by atoms with Gasteiger partial charge in [0.05, 0.1) is 5.56 Å². The molecule has 0 saturated heterocycles. The van der Waals surface area contributed by atoms with E-state index in [1.54, 1.807) is 0 Å². The van der Waals surface area contributed by atoms with E-state index in [4.69, 9.17) is 5.73 Å². The van der Waals surface area contributed by atoms with Crippen molar-refractivity contribution in [2.24, 2.45) is 0 Å². The summed E-state index contributed by atoms with van der Waals surface area (Å²) in [6.07, 6.45) is 8.19. The third-order valence-electron chi connectivity index (χ3n) is 3.06. The summed E-state index contributed by atoms with van der Waals surface area (Å²) < 4.78 is 28.5. The Morgan fingerprint density at radius 3 is 2.48 bits per heavy atom. The van der Waals surface area contributed by atoms with Gasteiger partial charge >= 0.3 is 0 Å². The third-order valence-corrected chi connectivity index (χ3v) is 4.81.